The summed E-state index contributed by atoms with van der Waals surface area (Å²) in [7, 11) is 0. The molecule has 3 unspecified atom stereocenters. The number of amides is 3. The van der Waals surface area contributed by atoms with Gasteiger partial charge in [0.2, 0.25) is 0 Å². The van der Waals surface area contributed by atoms with Gasteiger partial charge >= 0.3 is 6.03 Å². The van der Waals surface area contributed by atoms with E-state index >= 15 is 0 Å². The van der Waals surface area contributed by atoms with Crippen molar-refractivity contribution in [3.63, 3.8) is 0 Å². The number of hydrogen-bond acceptors (Lipinski definition) is 6. The number of piperidine rings is 1. The van der Waals surface area contributed by atoms with Crippen LogP contribution >= 0.6 is 11.8 Å². The molecule has 2 saturated heterocycles. The fraction of sp³-hybridized carbons (Fsp3) is 0.407. The van der Waals surface area contributed by atoms with Crippen LogP contribution < -0.4 is 25.6 Å². The second kappa shape index (κ2) is 9.46. The Morgan fingerprint density at radius 2 is 1.97 bits per heavy atom. The highest BCUT2D eigenvalue weighted by molar-refractivity contribution is 8.04. The van der Waals surface area contributed by atoms with E-state index in [1.54, 1.807) is 0 Å². The van der Waals surface area contributed by atoms with Crippen LogP contribution in [0.2, 0.25) is 0 Å². The number of benzene rings is 2. The van der Waals surface area contributed by atoms with Crippen LogP contribution in [-0.4, -0.2) is 47.2 Å². The monoisotopic (exact) mass is 506 g/mol. The molecule has 0 aromatic heterocycles. The molecule has 2 aromatic rings. The van der Waals surface area contributed by atoms with Crippen LogP contribution in [0.5, 0.6) is 11.5 Å². The van der Waals surface area contributed by atoms with Gasteiger partial charge in [-0.25, -0.2) is 4.79 Å². The number of urea groups is 1. The summed E-state index contributed by atoms with van der Waals surface area (Å²) in [6.07, 6.45) is 2.67. The first-order chi connectivity index (χ1) is 17.5. The number of nitrogens with zero attached hydrogens (tertiary/aromatic N) is 1. The van der Waals surface area contributed by atoms with E-state index in [4.69, 9.17) is 4.74 Å². The zero-order chi connectivity index (χ0) is 24.8. The van der Waals surface area contributed by atoms with E-state index in [2.05, 4.69) is 16.0 Å². The minimum absolute atomic E-state index is 0.0112. The van der Waals surface area contributed by atoms with Gasteiger partial charge in [0, 0.05) is 17.3 Å². The fourth-order valence-electron chi connectivity index (χ4n) is 5.83. The number of aliphatic hydroxyl groups excluding tert-OH is 1. The Kier molecular flexibility index (Phi) is 6.15. The summed E-state index contributed by atoms with van der Waals surface area (Å²) in [6.45, 7) is 2.75. The molecule has 188 valence electrons. The van der Waals surface area contributed by atoms with Crippen molar-refractivity contribution in [2.45, 2.75) is 56.2 Å². The van der Waals surface area contributed by atoms with Crippen LogP contribution in [0.3, 0.4) is 0 Å². The summed E-state index contributed by atoms with van der Waals surface area (Å²) in [5, 5.41) is 19.8. The number of carbonyl (C=O) groups is 2. The van der Waals surface area contributed by atoms with E-state index in [9.17, 15) is 14.7 Å². The maximum Gasteiger partial charge on any atom is 0.326 e. The Labute approximate surface area is 214 Å². The molecule has 3 amide bonds. The highest BCUT2D eigenvalue weighted by Gasteiger charge is 2.52. The highest BCUT2D eigenvalue weighted by Crippen LogP contribution is 2.48. The minimum atomic E-state index is -0.507. The molecule has 36 heavy (non-hydrogen) atoms. The SMILES string of the molecule is Cc1cc(Oc2ccccc2)ccc1N1C(=O)NC2=C(C(=O)N[C@H]3CCC[C@@H]3O)SC3NCCC1C23. The van der Waals surface area contributed by atoms with E-state index in [1.807, 2.05) is 60.4 Å². The largest absolute Gasteiger partial charge is 0.457 e. The van der Waals surface area contributed by atoms with Crippen LogP contribution in [0.4, 0.5) is 10.5 Å². The summed E-state index contributed by atoms with van der Waals surface area (Å²) in [6, 6.07) is 14.9. The topological polar surface area (TPSA) is 103 Å². The van der Waals surface area contributed by atoms with Crippen molar-refractivity contribution in [1.29, 1.82) is 0 Å². The molecule has 3 aliphatic heterocycles. The summed E-state index contributed by atoms with van der Waals surface area (Å²) in [4.78, 5) is 29.1. The number of para-hydroxylation sites is 1. The number of aryl methyl sites for hydroxylation is 1. The van der Waals surface area contributed by atoms with Crippen LogP contribution in [0.25, 0.3) is 0 Å². The van der Waals surface area contributed by atoms with Crippen molar-refractivity contribution in [3.8, 4) is 11.5 Å². The number of rotatable bonds is 5. The van der Waals surface area contributed by atoms with Gasteiger partial charge in [-0.1, -0.05) is 30.0 Å². The van der Waals surface area contributed by atoms with E-state index < -0.39 is 6.10 Å². The second-order valence-electron chi connectivity index (χ2n) is 9.86. The number of thioether (sulfide) groups is 1. The zero-order valence-corrected chi connectivity index (χ0v) is 20.9. The van der Waals surface area contributed by atoms with Gasteiger partial charge in [-0.2, -0.15) is 0 Å². The molecule has 3 heterocycles. The second-order valence-corrected chi connectivity index (χ2v) is 11.0. The Hall–Kier alpha value is -3.01. The number of aliphatic hydroxyl groups is 1. The van der Waals surface area contributed by atoms with Gasteiger partial charge in [-0.05, 0) is 75.0 Å². The van der Waals surface area contributed by atoms with Crippen LogP contribution in [0, 0.1) is 12.8 Å². The Bertz CT molecular complexity index is 1220. The average Bonchev–Trinajstić information content (AvgIpc) is 3.45. The third kappa shape index (κ3) is 4.15. The minimum Gasteiger partial charge on any atom is -0.457 e. The molecule has 4 aliphatic rings. The van der Waals surface area contributed by atoms with Crippen LogP contribution in [0.1, 0.15) is 31.2 Å². The highest BCUT2D eigenvalue weighted by atomic mass is 32.2. The summed E-state index contributed by atoms with van der Waals surface area (Å²) < 4.78 is 5.98. The maximum atomic E-state index is 13.5. The molecule has 5 atom stereocenters. The number of carbonyl (C=O) groups excluding carboxylic acids is 2. The van der Waals surface area contributed by atoms with Gasteiger partial charge in [0.1, 0.15) is 11.5 Å². The summed E-state index contributed by atoms with van der Waals surface area (Å²) >= 11 is 1.48. The quantitative estimate of drug-likeness (QED) is 0.494. The lowest BCUT2D eigenvalue weighted by molar-refractivity contribution is -0.118. The lowest BCUT2D eigenvalue weighted by Gasteiger charge is -2.46. The van der Waals surface area contributed by atoms with E-state index in [1.165, 1.54) is 11.8 Å². The van der Waals surface area contributed by atoms with Crippen molar-refractivity contribution >= 4 is 29.4 Å². The van der Waals surface area contributed by atoms with E-state index in [0.717, 1.165) is 42.8 Å². The third-order valence-corrected chi connectivity index (χ3v) is 8.90. The number of nitrogens with one attached hydrogen (secondary N) is 3. The number of anilines is 1. The summed E-state index contributed by atoms with van der Waals surface area (Å²) in [5.74, 6) is 1.25. The van der Waals surface area contributed by atoms with Gasteiger partial charge < -0.3 is 25.8 Å². The molecular formula is C27H30N4O4S. The van der Waals surface area contributed by atoms with Gasteiger partial charge in [0.15, 0.2) is 0 Å². The molecule has 6 rings (SSSR count). The first-order valence-corrected chi connectivity index (χ1v) is 13.4. The molecule has 1 aliphatic carbocycles. The first-order valence-electron chi connectivity index (χ1n) is 12.6. The predicted molar refractivity (Wildman–Crippen MR) is 139 cm³/mol. The number of hydrogen-bond donors (Lipinski definition) is 4. The summed E-state index contributed by atoms with van der Waals surface area (Å²) in [5.41, 5.74) is 2.49. The lowest BCUT2D eigenvalue weighted by atomic mass is 9.86. The van der Waals surface area contributed by atoms with Crippen LogP contribution in [0.15, 0.2) is 59.1 Å². The third-order valence-electron chi connectivity index (χ3n) is 7.55. The maximum absolute atomic E-state index is 13.5. The lowest BCUT2D eigenvalue weighted by Crippen LogP contribution is -2.62. The van der Waals surface area contributed by atoms with E-state index in [-0.39, 0.29) is 35.3 Å². The molecule has 0 spiro atoms. The first kappa shape index (κ1) is 23.4. The molecule has 2 aromatic carbocycles. The Morgan fingerprint density at radius 3 is 2.72 bits per heavy atom. The van der Waals surface area contributed by atoms with Gasteiger partial charge in [-0.15, -0.1) is 0 Å². The molecule has 0 radical (unpaired) electrons. The molecule has 1 saturated carbocycles. The number of ether oxygens (including phenoxy) is 1. The predicted octanol–water partition coefficient (Wildman–Crippen LogP) is 3.61. The van der Waals surface area contributed by atoms with Crippen LogP contribution in [-0.2, 0) is 4.79 Å². The van der Waals surface area contributed by atoms with Crippen molar-refractivity contribution in [2.24, 2.45) is 5.92 Å². The molecule has 3 fully saturated rings. The standard InChI is InChI=1S/C27H30N4O4S/c1-15-14-17(35-16-6-3-2-4-7-16)10-11-19(15)31-20-12-13-28-26-22(20)23(30-27(31)34)24(36-26)25(33)29-18-8-5-9-21(18)32/h2-4,6-7,10-11,14,18,20-22,26,28,32H,5,8-9,12-13H2,1H3,(H,29,33)(H,30,34)/t18-,20?,21-,22?,26?/m0/s1. The molecule has 4 N–H and O–H groups in total. The van der Waals surface area contributed by atoms with Gasteiger partial charge in [-0.3, -0.25) is 9.69 Å². The zero-order valence-electron chi connectivity index (χ0n) is 20.1. The van der Waals surface area contributed by atoms with Crippen molar-refractivity contribution in [2.75, 3.05) is 11.4 Å². The molecule has 8 nitrogen and oxygen atoms in total. The molecule has 9 heteroatoms. The normalized spacial score (nSPS) is 29.1. The average molecular weight is 507 g/mol. The van der Waals surface area contributed by atoms with Crippen molar-refractivity contribution < 1.29 is 19.4 Å². The fourth-order valence-corrected chi connectivity index (χ4v) is 7.23. The smallest absolute Gasteiger partial charge is 0.326 e. The van der Waals surface area contributed by atoms with E-state index in [0.29, 0.717) is 22.8 Å². The Morgan fingerprint density at radius 1 is 1.14 bits per heavy atom. The van der Waals surface area contributed by atoms with Crippen molar-refractivity contribution in [1.82, 2.24) is 16.0 Å². The molecule has 0 bridgehead atoms. The van der Waals surface area contributed by atoms with Crippen molar-refractivity contribution in [3.05, 3.63) is 64.7 Å². The Balaban J connectivity index is 1.26. The van der Waals surface area contributed by atoms with Gasteiger partial charge in [0.25, 0.3) is 5.91 Å². The molecular weight excluding hydrogens is 476 g/mol. The van der Waals surface area contributed by atoms with Gasteiger partial charge in [0.05, 0.1) is 28.5 Å².